The lowest BCUT2D eigenvalue weighted by molar-refractivity contribution is -0.127. The number of fused-ring (bicyclic) bond motifs is 8. The quantitative estimate of drug-likeness (QED) is 0.0902. The molecule has 4 atom stereocenters. The van der Waals surface area contributed by atoms with Crippen molar-refractivity contribution < 1.29 is 47.7 Å². The van der Waals surface area contributed by atoms with Gasteiger partial charge >= 0.3 is 6.09 Å². The number of amides is 5. The number of aromatic nitrogens is 1. The fraction of sp³-hybridized carbons (Fsp3) is 0.281. The van der Waals surface area contributed by atoms with Gasteiger partial charge in [0.05, 0.1) is 72.8 Å². The second-order valence-electron chi connectivity index (χ2n) is 19.1. The number of ether oxygens (including phenoxy) is 5. The Morgan fingerprint density at radius 1 is 0.680 bits per heavy atom. The van der Waals surface area contributed by atoms with Gasteiger partial charge in [0.25, 0.3) is 11.8 Å². The third-order valence-corrected chi connectivity index (χ3v) is 13.8. The molecular weight excluding hydrogens is 957 g/mol. The molecule has 6 aromatic rings. The predicted octanol–water partition coefficient (Wildman–Crippen LogP) is 7.70. The number of pyridine rings is 1. The third-order valence-electron chi connectivity index (χ3n) is 13.8. The van der Waals surface area contributed by atoms with Crippen molar-refractivity contribution in [2.75, 3.05) is 40.8 Å². The van der Waals surface area contributed by atoms with Crippen LogP contribution in [0.5, 0.6) is 23.0 Å². The van der Waals surface area contributed by atoms with Crippen LogP contribution in [0.1, 0.15) is 69.6 Å². The number of para-hydroxylation sites is 2. The lowest BCUT2D eigenvalue weighted by Gasteiger charge is -2.26. The minimum Gasteiger partial charge on any atom is -0.493 e. The summed E-state index contributed by atoms with van der Waals surface area (Å²) in [7, 11) is 3.00. The van der Waals surface area contributed by atoms with Crippen molar-refractivity contribution >= 4 is 64.4 Å². The average Bonchev–Trinajstić information content (AvgIpc) is 3.94. The van der Waals surface area contributed by atoms with Gasteiger partial charge in [-0.15, -0.1) is 0 Å². The summed E-state index contributed by atoms with van der Waals surface area (Å²) in [5.41, 5.74) is 13.3. The van der Waals surface area contributed by atoms with E-state index in [9.17, 15) is 24.0 Å². The number of methoxy groups -OCH3 is 2. The van der Waals surface area contributed by atoms with Crippen molar-refractivity contribution in [1.29, 1.82) is 0 Å². The number of hydrogen-bond acceptors (Lipinski definition) is 13. The first-order valence-corrected chi connectivity index (χ1v) is 24.7. The molecule has 0 unspecified atom stereocenters. The van der Waals surface area contributed by atoms with Crippen molar-refractivity contribution in [3.8, 4) is 23.0 Å². The Kier molecular flexibility index (Phi) is 13.9. The van der Waals surface area contributed by atoms with Crippen LogP contribution < -0.4 is 50.0 Å². The van der Waals surface area contributed by atoms with E-state index in [0.29, 0.717) is 58.2 Å². The molecule has 0 saturated heterocycles. The molecule has 0 saturated carbocycles. The molecule has 1 aromatic heterocycles. The Balaban J connectivity index is 0.839. The zero-order chi connectivity index (χ0) is 52.5. The number of nitrogens with one attached hydrogen (secondary N) is 2. The third kappa shape index (κ3) is 10.0. The van der Waals surface area contributed by atoms with Crippen LogP contribution in [0, 0.1) is 5.92 Å². The summed E-state index contributed by atoms with van der Waals surface area (Å²) in [4.78, 5) is 82.7. The summed E-state index contributed by atoms with van der Waals surface area (Å²) in [6.07, 6.45) is 2.31. The maximum absolute atomic E-state index is 14.6. The number of nitrogens with two attached hydrogens (primary N) is 1. The van der Waals surface area contributed by atoms with E-state index in [1.165, 1.54) is 19.1 Å². The van der Waals surface area contributed by atoms with E-state index in [-0.39, 0.29) is 72.9 Å². The molecule has 5 amide bonds. The summed E-state index contributed by atoms with van der Waals surface area (Å²) in [6.45, 7) is 5.27. The lowest BCUT2D eigenvalue weighted by Crippen LogP contribution is -2.50. The van der Waals surface area contributed by atoms with Gasteiger partial charge in [0.1, 0.15) is 25.9 Å². The first-order chi connectivity index (χ1) is 36.3. The van der Waals surface area contributed by atoms with Crippen molar-refractivity contribution in [3.05, 3.63) is 154 Å². The highest BCUT2D eigenvalue weighted by Gasteiger charge is 2.42. The summed E-state index contributed by atoms with van der Waals surface area (Å²) in [5.74, 6) is -0.106. The number of hydrogen-bond donors (Lipinski definition) is 3. The molecule has 18 heteroatoms. The van der Waals surface area contributed by atoms with Crippen LogP contribution >= 0.6 is 0 Å². The smallest absolute Gasteiger partial charge is 0.414 e. The van der Waals surface area contributed by atoms with E-state index in [2.05, 4.69) is 10.6 Å². The van der Waals surface area contributed by atoms with Crippen molar-refractivity contribution in [1.82, 2.24) is 10.3 Å². The van der Waals surface area contributed by atoms with Gasteiger partial charge in [-0.1, -0.05) is 68.4 Å². The number of carbonyl (C=O) groups excluding carboxylic acids is 5. The van der Waals surface area contributed by atoms with E-state index in [0.717, 1.165) is 22.5 Å². The van der Waals surface area contributed by atoms with Gasteiger partial charge in [-0.2, -0.15) is 0 Å². The van der Waals surface area contributed by atoms with Crippen LogP contribution in [0.15, 0.2) is 120 Å². The van der Waals surface area contributed by atoms with Crippen LogP contribution in [-0.2, 0) is 47.0 Å². The predicted molar refractivity (Wildman–Crippen MR) is 282 cm³/mol. The first kappa shape index (κ1) is 49.8. The molecule has 0 fully saturated rings. The van der Waals surface area contributed by atoms with Crippen molar-refractivity contribution in [2.45, 2.75) is 77.6 Å². The van der Waals surface area contributed by atoms with Crippen molar-refractivity contribution in [3.63, 3.8) is 0 Å². The van der Waals surface area contributed by atoms with Crippen LogP contribution in [0.2, 0.25) is 0 Å². The molecule has 5 heterocycles. The Labute approximate surface area is 433 Å². The number of anilines is 4. The molecule has 10 rings (SSSR count). The van der Waals surface area contributed by atoms with Gasteiger partial charge in [0.2, 0.25) is 11.8 Å². The molecule has 4 aliphatic heterocycles. The zero-order valence-electron chi connectivity index (χ0n) is 42.1. The lowest BCUT2D eigenvalue weighted by atomic mass is 10.0. The topological polar surface area (TPSA) is 217 Å². The molecule has 5 aromatic carbocycles. The minimum absolute atomic E-state index is 0.0143. The molecule has 4 aliphatic rings. The van der Waals surface area contributed by atoms with Gasteiger partial charge in [-0.05, 0) is 84.5 Å². The number of aliphatic imine (C=N–C) groups is 1. The molecule has 75 heavy (non-hydrogen) atoms. The van der Waals surface area contributed by atoms with E-state index in [4.69, 9.17) is 39.4 Å². The van der Waals surface area contributed by atoms with Gasteiger partial charge in [0, 0.05) is 41.8 Å². The van der Waals surface area contributed by atoms with Gasteiger partial charge in [-0.25, -0.2) is 4.79 Å². The number of benzene rings is 5. The Bertz CT molecular complexity index is 3250. The molecule has 4 N–H and O–H groups in total. The Hall–Kier alpha value is -8.77. The summed E-state index contributed by atoms with van der Waals surface area (Å²) >= 11 is 0. The highest BCUT2D eigenvalue weighted by atomic mass is 16.6. The van der Waals surface area contributed by atoms with E-state index in [1.807, 2.05) is 74.5 Å². The highest BCUT2D eigenvalue weighted by molar-refractivity contribution is 6.15. The van der Waals surface area contributed by atoms with Gasteiger partial charge < -0.3 is 45.0 Å². The van der Waals surface area contributed by atoms with Crippen LogP contribution in [0.4, 0.5) is 33.2 Å². The normalized spacial score (nSPS) is 16.8. The molecule has 0 radical (unpaired) electrons. The van der Waals surface area contributed by atoms with Crippen LogP contribution in [0.3, 0.4) is 0 Å². The molecule has 0 spiro atoms. The van der Waals surface area contributed by atoms with E-state index >= 15 is 0 Å². The largest absolute Gasteiger partial charge is 0.493 e. The standard InChI is InChI=1S/C57H56N8O10/c1-32(2)52(58)54(67)60-33(3)53(66)62-37-19-17-34(18-20-37)29-75-57(70)63-28-41-22-36-12-7-9-16-46(36)65(41)56(69)43-24-49(72-5)51(26-47(43)63)74-31-39-14-10-13-38(61-39)30-73-50-25-44-42(23-48(50)71-4)55(68)64-40(27-59-44)21-35-11-6-8-15-45(35)64/h6-20,23-27,32-33,40-41,52H,21-22,28-31,58H2,1-5H3,(H,60,67)(H,62,66)/t33-,40-,41-,52-/m0/s1. The van der Waals surface area contributed by atoms with Crippen LogP contribution in [-0.4, -0.2) is 85.9 Å². The molecule has 18 nitrogen and oxygen atoms in total. The SMILES string of the molecule is COc1cc2c(cc1OCc1cccc(COc3cc4c(cc3OC)C(=O)N3c5ccccc5C[C@H]3CN4C(=O)OCc3ccc(NC(=O)[C@H](C)NC(=O)[C@@H](N)C(C)C)cc3)n1)N=C[C@@H]1Cc3ccccc3N1C2=O. The average molecular weight is 1010 g/mol. The highest BCUT2D eigenvalue weighted by Crippen LogP contribution is 2.44. The summed E-state index contributed by atoms with van der Waals surface area (Å²) in [6, 6.07) is 32.2. The van der Waals surface area contributed by atoms with Crippen LogP contribution in [0.25, 0.3) is 0 Å². The zero-order valence-corrected chi connectivity index (χ0v) is 42.1. The first-order valence-electron chi connectivity index (χ1n) is 24.7. The number of carbonyl (C=O) groups is 5. The second-order valence-corrected chi connectivity index (χ2v) is 19.1. The number of rotatable bonds is 15. The monoisotopic (exact) mass is 1010 g/mol. The maximum Gasteiger partial charge on any atom is 0.414 e. The second kappa shape index (κ2) is 21.0. The van der Waals surface area contributed by atoms with Gasteiger partial charge in [-0.3, -0.25) is 39.0 Å². The molecule has 0 bridgehead atoms. The minimum atomic E-state index is -0.831. The fourth-order valence-corrected chi connectivity index (χ4v) is 9.73. The summed E-state index contributed by atoms with van der Waals surface area (Å²) < 4.78 is 30.1. The number of nitrogens with zero attached hydrogens (tertiary/aromatic N) is 5. The summed E-state index contributed by atoms with van der Waals surface area (Å²) in [5, 5.41) is 5.43. The van der Waals surface area contributed by atoms with Crippen molar-refractivity contribution in [2.24, 2.45) is 16.6 Å². The van der Waals surface area contributed by atoms with Gasteiger partial charge in [0.15, 0.2) is 23.0 Å². The Morgan fingerprint density at radius 2 is 1.29 bits per heavy atom. The molecule has 384 valence electrons. The molecular formula is C57H56N8O10. The molecule has 0 aliphatic carbocycles. The fourth-order valence-electron chi connectivity index (χ4n) is 9.73. The van der Waals surface area contributed by atoms with E-state index in [1.54, 1.807) is 77.5 Å². The Morgan fingerprint density at radius 3 is 1.96 bits per heavy atom. The maximum atomic E-state index is 14.6. The van der Waals surface area contributed by atoms with E-state index < -0.39 is 36.0 Å².